The number of rotatable bonds is 5. The van der Waals surface area contributed by atoms with Crippen molar-refractivity contribution >= 4 is 5.69 Å². The van der Waals surface area contributed by atoms with Crippen molar-refractivity contribution in [1.29, 1.82) is 0 Å². The number of nitrogens with zero attached hydrogens (tertiary/aromatic N) is 1. The lowest BCUT2D eigenvalue weighted by Crippen LogP contribution is -2.39. The van der Waals surface area contributed by atoms with Gasteiger partial charge in [0.05, 0.1) is 0 Å². The van der Waals surface area contributed by atoms with E-state index in [0.29, 0.717) is 12.1 Å². The van der Waals surface area contributed by atoms with Gasteiger partial charge in [-0.1, -0.05) is 18.2 Å². The molecule has 0 amide bonds. The molecule has 0 saturated heterocycles. The van der Waals surface area contributed by atoms with Gasteiger partial charge in [0.25, 0.3) is 0 Å². The predicted molar refractivity (Wildman–Crippen MR) is 77.1 cm³/mol. The quantitative estimate of drug-likeness (QED) is 0.857. The minimum Gasteiger partial charge on any atom is -0.367 e. The van der Waals surface area contributed by atoms with Gasteiger partial charge in [0, 0.05) is 30.9 Å². The summed E-state index contributed by atoms with van der Waals surface area (Å²) in [6, 6.07) is 10.2. The Morgan fingerprint density at radius 3 is 2.89 bits per heavy atom. The van der Waals surface area contributed by atoms with Crippen LogP contribution in [0.25, 0.3) is 0 Å². The zero-order valence-electron chi connectivity index (χ0n) is 11.5. The van der Waals surface area contributed by atoms with Crippen LogP contribution in [0.5, 0.6) is 0 Å². The number of nitrogens with one attached hydrogen (secondary N) is 1. The molecule has 2 aliphatic rings. The topological polar surface area (TPSA) is 15.3 Å². The van der Waals surface area contributed by atoms with E-state index < -0.39 is 0 Å². The number of hydrogen-bond acceptors (Lipinski definition) is 2. The van der Waals surface area contributed by atoms with E-state index in [-0.39, 0.29) is 0 Å². The minimum atomic E-state index is 0.653. The average molecular weight is 244 g/mol. The van der Waals surface area contributed by atoms with Gasteiger partial charge in [-0.15, -0.1) is 0 Å². The van der Waals surface area contributed by atoms with E-state index >= 15 is 0 Å². The third kappa shape index (κ3) is 2.39. The van der Waals surface area contributed by atoms with E-state index in [4.69, 9.17) is 0 Å². The highest BCUT2D eigenvalue weighted by Crippen LogP contribution is 2.33. The van der Waals surface area contributed by atoms with Crippen LogP contribution in [0.1, 0.15) is 32.3 Å². The molecule has 2 nitrogen and oxygen atoms in total. The molecular formula is C16H24N2. The van der Waals surface area contributed by atoms with Crippen molar-refractivity contribution in [3.05, 3.63) is 29.8 Å². The van der Waals surface area contributed by atoms with Gasteiger partial charge >= 0.3 is 0 Å². The fraction of sp³-hybridized carbons (Fsp3) is 0.625. The summed E-state index contributed by atoms with van der Waals surface area (Å²) in [4.78, 5) is 2.56. The summed E-state index contributed by atoms with van der Waals surface area (Å²) in [6.07, 6.45) is 4.06. The van der Waals surface area contributed by atoms with Gasteiger partial charge in [0.1, 0.15) is 0 Å². The first kappa shape index (κ1) is 12.0. The number of fused-ring (bicyclic) bond motifs is 1. The van der Waals surface area contributed by atoms with Crippen LogP contribution in [-0.4, -0.2) is 25.2 Å². The molecule has 1 aliphatic carbocycles. The molecule has 1 N–H and O–H groups in total. The Balaban J connectivity index is 1.55. The molecule has 1 heterocycles. The van der Waals surface area contributed by atoms with Gasteiger partial charge in [-0.25, -0.2) is 0 Å². The summed E-state index contributed by atoms with van der Waals surface area (Å²) in [6.45, 7) is 6.91. The molecule has 1 fully saturated rings. The fourth-order valence-electron chi connectivity index (χ4n) is 3.15. The Morgan fingerprint density at radius 1 is 1.33 bits per heavy atom. The summed E-state index contributed by atoms with van der Waals surface area (Å²) in [5, 5.41) is 3.68. The molecule has 2 atom stereocenters. The third-order valence-corrected chi connectivity index (χ3v) is 4.50. The number of para-hydroxylation sites is 1. The van der Waals surface area contributed by atoms with Crippen LogP contribution in [0.2, 0.25) is 0 Å². The zero-order chi connectivity index (χ0) is 12.5. The highest BCUT2D eigenvalue weighted by atomic mass is 15.2. The Morgan fingerprint density at radius 2 is 2.11 bits per heavy atom. The van der Waals surface area contributed by atoms with E-state index in [2.05, 4.69) is 48.3 Å². The second kappa shape index (κ2) is 4.93. The molecular weight excluding hydrogens is 220 g/mol. The van der Waals surface area contributed by atoms with Gasteiger partial charge in [-0.05, 0) is 50.7 Å². The maximum Gasteiger partial charge on any atom is 0.0402 e. The first-order chi connectivity index (χ1) is 8.75. The van der Waals surface area contributed by atoms with Crippen LogP contribution in [0, 0.1) is 5.92 Å². The van der Waals surface area contributed by atoms with Crippen LogP contribution in [0.3, 0.4) is 0 Å². The third-order valence-electron chi connectivity index (χ3n) is 4.50. The molecule has 98 valence electrons. The molecule has 1 saturated carbocycles. The Kier molecular flexibility index (Phi) is 3.29. The lowest BCUT2D eigenvalue weighted by atomic mass is 10.1. The molecule has 2 unspecified atom stereocenters. The molecule has 0 radical (unpaired) electrons. The SMILES string of the molecule is CC(NCCN1c2ccccc2CC1C)C1CC1. The van der Waals surface area contributed by atoms with Crippen molar-refractivity contribution in [2.24, 2.45) is 5.92 Å². The van der Waals surface area contributed by atoms with Gasteiger partial charge in [0.15, 0.2) is 0 Å². The van der Waals surface area contributed by atoms with E-state index in [1.807, 2.05) is 0 Å². The maximum absolute atomic E-state index is 3.68. The van der Waals surface area contributed by atoms with E-state index in [9.17, 15) is 0 Å². The molecule has 1 aromatic carbocycles. The molecule has 1 aromatic rings. The van der Waals surface area contributed by atoms with Crippen molar-refractivity contribution in [2.75, 3.05) is 18.0 Å². The standard InChI is InChI=1S/C16H24N2/c1-12-11-15-5-3-4-6-16(15)18(12)10-9-17-13(2)14-7-8-14/h3-6,12-14,17H,7-11H2,1-2H3. The summed E-state index contributed by atoms with van der Waals surface area (Å²) < 4.78 is 0. The van der Waals surface area contributed by atoms with Crippen LogP contribution < -0.4 is 10.2 Å². The first-order valence-corrected chi connectivity index (χ1v) is 7.33. The zero-order valence-corrected chi connectivity index (χ0v) is 11.5. The Bertz CT molecular complexity index is 411. The normalized spacial score (nSPS) is 24.1. The van der Waals surface area contributed by atoms with Crippen LogP contribution in [0.4, 0.5) is 5.69 Å². The predicted octanol–water partition coefficient (Wildman–Crippen LogP) is 2.83. The molecule has 0 bridgehead atoms. The van der Waals surface area contributed by atoms with E-state index in [1.165, 1.54) is 30.5 Å². The highest BCUT2D eigenvalue weighted by Gasteiger charge is 2.28. The van der Waals surface area contributed by atoms with Gasteiger partial charge in [-0.2, -0.15) is 0 Å². The minimum absolute atomic E-state index is 0.653. The lowest BCUT2D eigenvalue weighted by molar-refractivity contribution is 0.493. The van der Waals surface area contributed by atoms with E-state index in [0.717, 1.165) is 19.0 Å². The van der Waals surface area contributed by atoms with Gasteiger partial charge in [0.2, 0.25) is 0 Å². The van der Waals surface area contributed by atoms with Crippen molar-refractivity contribution in [1.82, 2.24) is 5.32 Å². The van der Waals surface area contributed by atoms with Crippen molar-refractivity contribution in [3.8, 4) is 0 Å². The Labute approximate surface area is 110 Å². The first-order valence-electron chi connectivity index (χ1n) is 7.33. The number of benzene rings is 1. The summed E-state index contributed by atoms with van der Waals surface area (Å²) in [5.41, 5.74) is 2.96. The fourth-order valence-corrected chi connectivity index (χ4v) is 3.15. The molecule has 2 heteroatoms. The van der Waals surface area contributed by atoms with Gasteiger partial charge in [-0.3, -0.25) is 0 Å². The van der Waals surface area contributed by atoms with Crippen molar-refractivity contribution in [2.45, 2.75) is 45.2 Å². The van der Waals surface area contributed by atoms with Crippen molar-refractivity contribution in [3.63, 3.8) is 0 Å². The van der Waals surface area contributed by atoms with Crippen LogP contribution in [-0.2, 0) is 6.42 Å². The lowest BCUT2D eigenvalue weighted by Gasteiger charge is -2.26. The second-order valence-electron chi connectivity index (χ2n) is 5.96. The molecule has 18 heavy (non-hydrogen) atoms. The molecule has 1 aliphatic heterocycles. The van der Waals surface area contributed by atoms with Crippen molar-refractivity contribution < 1.29 is 0 Å². The molecule has 3 rings (SSSR count). The van der Waals surface area contributed by atoms with Crippen LogP contribution >= 0.6 is 0 Å². The van der Waals surface area contributed by atoms with Crippen LogP contribution in [0.15, 0.2) is 24.3 Å². The molecule has 0 aromatic heterocycles. The summed E-state index contributed by atoms with van der Waals surface area (Å²) in [5.74, 6) is 0.952. The largest absolute Gasteiger partial charge is 0.367 e. The Hall–Kier alpha value is -1.02. The average Bonchev–Trinajstić information content (AvgIpc) is 3.15. The van der Waals surface area contributed by atoms with Gasteiger partial charge < -0.3 is 10.2 Å². The summed E-state index contributed by atoms with van der Waals surface area (Å²) >= 11 is 0. The molecule has 0 spiro atoms. The van der Waals surface area contributed by atoms with E-state index in [1.54, 1.807) is 0 Å². The maximum atomic E-state index is 3.68. The monoisotopic (exact) mass is 244 g/mol. The second-order valence-corrected chi connectivity index (χ2v) is 5.96. The smallest absolute Gasteiger partial charge is 0.0402 e. The number of hydrogen-bond donors (Lipinski definition) is 1. The highest BCUT2D eigenvalue weighted by molar-refractivity contribution is 5.59. The number of anilines is 1. The summed E-state index contributed by atoms with van der Waals surface area (Å²) in [7, 11) is 0.